The van der Waals surface area contributed by atoms with Crippen LogP contribution in [0.15, 0.2) is 71.5 Å². The molecule has 40 heavy (non-hydrogen) atoms. The summed E-state index contributed by atoms with van der Waals surface area (Å²) in [4.78, 5) is 11.1. The molecule has 3 aliphatic heterocycles. The average molecular weight is 585 g/mol. The third kappa shape index (κ3) is 5.83. The molecule has 3 aromatic rings. The van der Waals surface area contributed by atoms with Crippen molar-refractivity contribution in [2.24, 2.45) is 5.14 Å². The molecule has 0 bridgehead atoms. The summed E-state index contributed by atoms with van der Waals surface area (Å²) in [6.07, 6.45) is 6.47. The highest BCUT2D eigenvalue weighted by Gasteiger charge is 2.41. The van der Waals surface area contributed by atoms with Gasteiger partial charge in [0.05, 0.1) is 24.3 Å². The van der Waals surface area contributed by atoms with Crippen LogP contribution in [-0.2, 0) is 29.5 Å². The molecule has 9 nitrogen and oxygen atoms in total. The number of nitrogens with zero attached hydrogens (tertiary/aromatic N) is 5. The summed E-state index contributed by atoms with van der Waals surface area (Å²) in [7, 11) is -3.85. The first-order valence-electron chi connectivity index (χ1n) is 13.4. The first-order chi connectivity index (χ1) is 19.2. The van der Waals surface area contributed by atoms with Crippen LogP contribution in [0.1, 0.15) is 17.5 Å². The highest BCUT2D eigenvalue weighted by atomic mass is 32.3. The van der Waals surface area contributed by atoms with Gasteiger partial charge in [0.1, 0.15) is 15.6 Å². The normalized spacial score (nSPS) is 23.9. The van der Waals surface area contributed by atoms with Crippen molar-refractivity contribution >= 4 is 21.8 Å². The molecule has 4 heterocycles. The molecule has 0 radical (unpaired) electrons. The van der Waals surface area contributed by atoms with E-state index in [0.29, 0.717) is 19.6 Å². The predicted molar refractivity (Wildman–Crippen MR) is 153 cm³/mol. The van der Waals surface area contributed by atoms with E-state index in [2.05, 4.69) is 36.4 Å². The third-order valence-electron chi connectivity index (χ3n) is 7.91. The molecular formula is C28H33FN6O3S2. The number of aryl methyl sites for hydroxylation is 2. The number of fused-ring (bicyclic) bond motifs is 1. The van der Waals surface area contributed by atoms with Crippen LogP contribution in [0.25, 0.3) is 11.3 Å². The fourth-order valence-electron chi connectivity index (χ4n) is 5.92. The van der Waals surface area contributed by atoms with E-state index in [4.69, 9.17) is 5.14 Å². The summed E-state index contributed by atoms with van der Waals surface area (Å²) in [5, 5.41) is 15.7. The lowest BCUT2D eigenvalue weighted by molar-refractivity contribution is 0.0541. The molecule has 0 saturated carbocycles. The van der Waals surface area contributed by atoms with Gasteiger partial charge in [-0.3, -0.25) is 9.80 Å². The van der Waals surface area contributed by atoms with Crippen molar-refractivity contribution in [3.05, 3.63) is 88.4 Å². The number of hydrogen-bond donors (Lipinski definition) is 2. The van der Waals surface area contributed by atoms with E-state index in [1.54, 1.807) is 24.7 Å². The van der Waals surface area contributed by atoms with Gasteiger partial charge in [0.2, 0.25) is 10.0 Å². The van der Waals surface area contributed by atoms with Gasteiger partial charge in [-0.2, -0.15) is 0 Å². The molecule has 2 saturated heterocycles. The number of halogens is 1. The van der Waals surface area contributed by atoms with E-state index in [1.165, 1.54) is 23.9 Å². The number of benzene rings is 2. The lowest BCUT2D eigenvalue weighted by atomic mass is 10.0. The quantitative estimate of drug-likeness (QED) is 0.416. The Balaban J connectivity index is 1.24. The number of sulfonamides is 1. The van der Waals surface area contributed by atoms with Crippen molar-refractivity contribution in [1.82, 2.24) is 24.3 Å². The predicted octanol–water partition coefficient (Wildman–Crippen LogP) is 2.60. The van der Waals surface area contributed by atoms with Crippen molar-refractivity contribution in [2.45, 2.75) is 43.6 Å². The monoisotopic (exact) mass is 584 g/mol. The zero-order valence-electron chi connectivity index (χ0n) is 22.0. The van der Waals surface area contributed by atoms with Gasteiger partial charge in [-0.05, 0) is 36.1 Å². The van der Waals surface area contributed by atoms with Crippen molar-refractivity contribution < 1.29 is 17.9 Å². The fourth-order valence-corrected chi connectivity index (χ4v) is 8.01. The number of primary sulfonamides is 1. The summed E-state index contributed by atoms with van der Waals surface area (Å²) in [6, 6.07) is 14.9. The highest BCUT2D eigenvalue weighted by Crippen LogP contribution is 2.40. The topological polar surface area (TPSA) is 108 Å². The van der Waals surface area contributed by atoms with Gasteiger partial charge in [0.25, 0.3) is 0 Å². The molecule has 3 aliphatic rings. The summed E-state index contributed by atoms with van der Waals surface area (Å²) in [5.41, 5.74) is 3.85. The number of rotatable bonds is 8. The van der Waals surface area contributed by atoms with Crippen molar-refractivity contribution in [2.75, 3.05) is 26.2 Å². The first kappa shape index (κ1) is 27.4. The first-order valence-corrected chi connectivity index (χ1v) is 15.8. The Morgan fingerprint density at radius 3 is 2.65 bits per heavy atom. The molecule has 6 rings (SSSR count). The fraction of sp³-hybridized carbons (Fsp3) is 0.393. The molecule has 2 fully saturated rings. The lowest BCUT2D eigenvalue weighted by Gasteiger charge is -2.42. The highest BCUT2D eigenvalue weighted by molar-refractivity contribution is 8.18. The SMILES string of the molecule is NS(=O)(=O)C1=CN(Cc2ccccc2-c2cncn2CCc2ccc(F)cc2)C(N2CCN3C[C@H](O)C[C@H]3C2)S1. The number of aliphatic hydroxyl groups is 1. The van der Waals surface area contributed by atoms with Crippen LogP contribution in [0, 0.1) is 5.82 Å². The molecular weight excluding hydrogens is 551 g/mol. The second-order valence-corrected chi connectivity index (χ2v) is 13.5. The number of aromatic nitrogens is 2. The molecule has 3 atom stereocenters. The van der Waals surface area contributed by atoms with Gasteiger partial charge >= 0.3 is 0 Å². The molecule has 3 N–H and O–H groups in total. The van der Waals surface area contributed by atoms with E-state index >= 15 is 0 Å². The second kappa shape index (κ2) is 11.3. The van der Waals surface area contributed by atoms with Crippen molar-refractivity contribution in [1.29, 1.82) is 0 Å². The number of aliphatic hydroxyl groups excluding tert-OH is 1. The molecule has 0 aliphatic carbocycles. The Morgan fingerprint density at radius 1 is 1.07 bits per heavy atom. The van der Waals surface area contributed by atoms with E-state index in [9.17, 15) is 17.9 Å². The van der Waals surface area contributed by atoms with Gasteiger partial charge in [0, 0.05) is 57.1 Å². The molecule has 12 heteroatoms. The van der Waals surface area contributed by atoms with Crippen molar-refractivity contribution in [3.8, 4) is 11.3 Å². The minimum Gasteiger partial charge on any atom is -0.392 e. The molecule has 2 aromatic carbocycles. The Bertz CT molecular complexity index is 1500. The Hall–Kier alpha value is -2.74. The standard InChI is InChI=1S/C28H33FN6O3S2/c29-22-7-5-20(6-8-22)9-10-34-19-31-14-26(34)25-4-2-1-3-21(25)15-35-18-27(40(30,37)38)39-28(35)33-12-11-32-17-24(36)13-23(32)16-33/h1-8,14,18-19,23-24,28,36H,9-13,15-17H2,(H2,30,37,38)/t23-,24+,28?/m0/s1. The molecule has 1 unspecified atom stereocenters. The van der Waals surface area contributed by atoms with Gasteiger partial charge in [0.15, 0.2) is 0 Å². The lowest BCUT2D eigenvalue weighted by Crippen LogP contribution is -2.55. The molecule has 0 amide bonds. The molecule has 1 aromatic heterocycles. The van der Waals surface area contributed by atoms with E-state index in [-0.39, 0.29) is 27.7 Å². The largest absolute Gasteiger partial charge is 0.392 e. The third-order valence-corrected chi connectivity index (χ3v) is 10.7. The van der Waals surface area contributed by atoms with Crippen LogP contribution in [0.2, 0.25) is 0 Å². The molecule has 212 valence electrons. The summed E-state index contributed by atoms with van der Waals surface area (Å²) >= 11 is 1.27. The van der Waals surface area contributed by atoms with Crippen molar-refractivity contribution in [3.63, 3.8) is 0 Å². The zero-order chi connectivity index (χ0) is 27.9. The van der Waals surface area contributed by atoms with Gasteiger partial charge in [-0.15, -0.1) is 0 Å². The maximum Gasteiger partial charge on any atom is 0.245 e. The van der Waals surface area contributed by atoms with Gasteiger partial charge in [-0.25, -0.2) is 22.9 Å². The Kier molecular flexibility index (Phi) is 7.73. The minimum absolute atomic E-state index is 0.160. The number of thioether (sulfide) groups is 1. The smallest absolute Gasteiger partial charge is 0.245 e. The summed E-state index contributed by atoms with van der Waals surface area (Å²) in [5.74, 6) is -0.248. The average Bonchev–Trinajstić information content (AvgIpc) is 3.66. The number of hydrogen-bond acceptors (Lipinski definition) is 8. The van der Waals surface area contributed by atoms with E-state index in [0.717, 1.165) is 54.9 Å². The van der Waals surface area contributed by atoms with Crippen LogP contribution in [0.5, 0.6) is 0 Å². The van der Waals surface area contributed by atoms with Crippen LogP contribution >= 0.6 is 11.8 Å². The van der Waals surface area contributed by atoms with Crippen LogP contribution in [-0.4, -0.2) is 81.6 Å². The second-order valence-electron chi connectivity index (χ2n) is 10.6. The minimum atomic E-state index is -3.85. The van der Waals surface area contributed by atoms with Gasteiger partial charge in [-0.1, -0.05) is 48.2 Å². The van der Waals surface area contributed by atoms with E-state index in [1.807, 2.05) is 18.3 Å². The number of imidazole rings is 1. The Morgan fingerprint density at radius 2 is 1.85 bits per heavy atom. The van der Waals surface area contributed by atoms with Crippen LogP contribution < -0.4 is 5.14 Å². The maximum absolute atomic E-state index is 13.3. The molecule has 0 spiro atoms. The summed E-state index contributed by atoms with van der Waals surface area (Å²) in [6.45, 7) is 4.24. The maximum atomic E-state index is 13.3. The van der Waals surface area contributed by atoms with E-state index < -0.39 is 10.0 Å². The number of nitrogens with two attached hydrogens (primary N) is 1. The number of piperazine rings is 1. The Labute approximate surface area is 238 Å². The summed E-state index contributed by atoms with van der Waals surface area (Å²) < 4.78 is 40.3. The van der Waals surface area contributed by atoms with Crippen LogP contribution in [0.4, 0.5) is 4.39 Å². The van der Waals surface area contributed by atoms with Gasteiger partial charge < -0.3 is 14.6 Å². The van der Waals surface area contributed by atoms with Crippen LogP contribution in [0.3, 0.4) is 0 Å². The zero-order valence-corrected chi connectivity index (χ0v) is 23.6.